The van der Waals surface area contributed by atoms with Gasteiger partial charge in [0.25, 0.3) is 5.56 Å². The Morgan fingerprint density at radius 1 is 1.67 bits per heavy atom. The molecule has 0 aliphatic carbocycles. The van der Waals surface area contributed by atoms with Crippen molar-refractivity contribution in [3.8, 4) is 0 Å². The minimum absolute atomic E-state index is 0.163. The van der Waals surface area contributed by atoms with Crippen LogP contribution in [0.15, 0.2) is 23.1 Å². The monoisotopic (exact) mass is 183 g/mol. The molecule has 0 radical (unpaired) electrons. The highest BCUT2D eigenvalue weighted by molar-refractivity contribution is 6.16. The molecule has 4 nitrogen and oxygen atoms in total. The number of H-pyrrole nitrogens is 1. The fraction of sp³-hybridized carbons (Fsp3) is 0.143. The molecule has 0 atom stereocenters. The third-order valence-corrected chi connectivity index (χ3v) is 1.87. The van der Waals surface area contributed by atoms with Gasteiger partial charge in [0.1, 0.15) is 5.65 Å². The first kappa shape index (κ1) is 7.36. The smallest absolute Gasteiger partial charge is 0.274 e. The van der Waals surface area contributed by atoms with Crippen LogP contribution in [0.1, 0.15) is 5.69 Å². The molecule has 12 heavy (non-hydrogen) atoms. The van der Waals surface area contributed by atoms with Crippen LogP contribution in [-0.2, 0) is 5.88 Å². The zero-order chi connectivity index (χ0) is 8.55. The van der Waals surface area contributed by atoms with Crippen molar-refractivity contribution in [3.63, 3.8) is 0 Å². The molecule has 2 aromatic rings. The van der Waals surface area contributed by atoms with Gasteiger partial charge in [0, 0.05) is 17.8 Å². The van der Waals surface area contributed by atoms with Crippen LogP contribution in [0.4, 0.5) is 0 Å². The number of rotatable bonds is 1. The van der Waals surface area contributed by atoms with E-state index in [1.807, 2.05) is 0 Å². The van der Waals surface area contributed by atoms with Gasteiger partial charge < -0.3 is 4.98 Å². The van der Waals surface area contributed by atoms with E-state index in [1.165, 1.54) is 10.6 Å². The summed E-state index contributed by atoms with van der Waals surface area (Å²) in [6.07, 6.45) is 1.56. The van der Waals surface area contributed by atoms with Crippen molar-refractivity contribution in [2.75, 3.05) is 0 Å². The summed E-state index contributed by atoms with van der Waals surface area (Å²) in [7, 11) is 0. The van der Waals surface area contributed by atoms with E-state index in [0.717, 1.165) is 0 Å². The van der Waals surface area contributed by atoms with Gasteiger partial charge in [-0.2, -0.15) is 9.61 Å². The summed E-state index contributed by atoms with van der Waals surface area (Å²) >= 11 is 5.57. The molecule has 0 bridgehead atoms. The van der Waals surface area contributed by atoms with E-state index in [9.17, 15) is 4.79 Å². The second kappa shape index (κ2) is 2.64. The summed E-state index contributed by atoms with van der Waals surface area (Å²) < 4.78 is 1.29. The Bertz CT molecular complexity index is 459. The second-order valence-corrected chi connectivity index (χ2v) is 2.66. The van der Waals surface area contributed by atoms with Crippen LogP contribution in [0, 0.1) is 0 Å². The first-order valence-electron chi connectivity index (χ1n) is 3.43. The Morgan fingerprint density at radius 3 is 3.25 bits per heavy atom. The Balaban J connectivity index is 2.84. The van der Waals surface area contributed by atoms with E-state index in [0.29, 0.717) is 17.2 Å². The van der Waals surface area contributed by atoms with Crippen molar-refractivity contribution in [2.24, 2.45) is 0 Å². The largest absolute Gasteiger partial charge is 0.342 e. The minimum atomic E-state index is -0.163. The van der Waals surface area contributed by atoms with Gasteiger partial charge in [-0.15, -0.1) is 11.6 Å². The highest BCUT2D eigenvalue weighted by Gasteiger charge is 1.99. The molecule has 0 aliphatic heterocycles. The summed E-state index contributed by atoms with van der Waals surface area (Å²) in [6, 6.07) is 3.16. The molecule has 0 spiro atoms. The third-order valence-electron chi connectivity index (χ3n) is 1.58. The lowest BCUT2D eigenvalue weighted by Crippen LogP contribution is -2.14. The van der Waals surface area contributed by atoms with Gasteiger partial charge in [-0.05, 0) is 0 Å². The number of aromatic nitrogens is 3. The topological polar surface area (TPSA) is 50.2 Å². The predicted molar refractivity (Wildman–Crippen MR) is 45.4 cm³/mol. The Kier molecular flexibility index (Phi) is 1.62. The highest BCUT2D eigenvalue weighted by atomic mass is 35.5. The summed E-state index contributed by atoms with van der Waals surface area (Å²) in [4.78, 5) is 14.2. The third kappa shape index (κ3) is 1.00. The van der Waals surface area contributed by atoms with Gasteiger partial charge >= 0.3 is 0 Å². The number of alkyl halides is 1. The zero-order valence-electron chi connectivity index (χ0n) is 6.12. The number of halogens is 1. The fourth-order valence-electron chi connectivity index (χ4n) is 1.06. The summed E-state index contributed by atoms with van der Waals surface area (Å²) in [6.45, 7) is 0. The molecule has 62 valence electrons. The van der Waals surface area contributed by atoms with Gasteiger partial charge in [-0.3, -0.25) is 4.79 Å². The van der Waals surface area contributed by atoms with Crippen LogP contribution in [0.25, 0.3) is 5.65 Å². The van der Waals surface area contributed by atoms with Gasteiger partial charge in [-0.25, -0.2) is 0 Å². The molecule has 2 rings (SSSR count). The van der Waals surface area contributed by atoms with Crippen molar-refractivity contribution in [1.82, 2.24) is 14.6 Å². The SMILES string of the molecule is O=c1cc(CCl)[nH]c2ccnn12. The maximum atomic E-state index is 11.2. The average molecular weight is 184 g/mol. The lowest BCUT2D eigenvalue weighted by molar-refractivity contribution is 0.888. The van der Waals surface area contributed by atoms with Crippen LogP contribution in [0.2, 0.25) is 0 Å². The number of nitrogens with zero attached hydrogens (tertiary/aromatic N) is 2. The summed E-state index contributed by atoms with van der Waals surface area (Å²) in [5.74, 6) is 0.302. The normalized spacial score (nSPS) is 10.8. The summed E-state index contributed by atoms with van der Waals surface area (Å²) in [5.41, 5.74) is 1.21. The molecule has 0 aliphatic rings. The average Bonchev–Trinajstić information content (AvgIpc) is 2.52. The van der Waals surface area contributed by atoms with Crippen molar-refractivity contribution >= 4 is 17.2 Å². The molecule has 1 N–H and O–H groups in total. The second-order valence-electron chi connectivity index (χ2n) is 2.39. The van der Waals surface area contributed by atoms with E-state index in [-0.39, 0.29) is 5.56 Å². The van der Waals surface area contributed by atoms with Crippen molar-refractivity contribution in [2.45, 2.75) is 5.88 Å². The molecule has 0 amide bonds. The summed E-state index contributed by atoms with van der Waals surface area (Å²) in [5, 5.41) is 3.82. The number of aromatic amines is 1. The molecule has 0 unspecified atom stereocenters. The highest BCUT2D eigenvalue weighted by Crippen LogP contribution is 1.99. The van der Waals surface area contributed by atoms with Crippen LogP contribution < -0.4 is 5.56 Å². The molecule has 2 heterocycles. The Morgan fingerprint density at radius 2 is 2.50 bits per heavy atom. The van der Waals surface area contributed by atoms with Crippen molar-refractivity contribution < 1.29 is 0 Å². The van der Waals surface area contributed by atoms with Gasteiger partial charge in [-0.1, -0.05) is 0 Å². The first-order valence-corrected chi connectivity index (χ1v) is 3.96. The molecule has 0 aromatic carbocycles. The van der Waals surface area contributed by atoms with E-state index in [2.05, 4.69) is 10.1 Å². The molecule has 0 saturated carbocycles. The van der Waals surface area contributed by atoms with Gasteiger partial charge in [0.15, 0.2) is 0 Å². The van der Waals surface area contributed by atoms with E-state index >= 15 is 0 Å². The molecule has 2 aromatic heterocycles. The number of fused-ring (bicyclic) bond motifs is 1. The fourth-order valence-corrected chi connectivity index (χ4v) is 1.20. The zero-order valence-corrected chi connectivity index (χ0v) is 6.88. The Labute approximate surface area is 72.8 Å². The maximum Gasteiger partial charge on any atom is 0.274 e. The number of hydrogen-bond donors (Lipinski definition) is 1. The first-order chi connectivity index (χ1) is 5.81. The van der Waals surface area contributed by atoms with Crippen LogP contribution in [-0.4, -0.2) is 14.6 Å². The van der Waals surface area contributed by atoms with Crippen LogP contribution in [0.5, 0.6) is 0 Å². The van der Waals surface area contributed by atoms with Crippen molar-refractivity contribution in [3.05, 3.63) is 34.4 Å². The lowest BCUT2D eigenvalue weighted by atomic mass is 10.4. The van der Waals surface area contributed by atoms with Crippen molar-refractivity contribution in [1.29, 1.82) is 0 Å². The Hall–Kier alpha value is -1.29. The molecular weight excluding hydrogens is 178 g/mol. The van der Waals surface area contributed by atoms with Gasteiger partial charge in [0.05, 0.1) is 12.1 Å². The van der Waals surface area contributed by atoms with Gasteiger partial charge in [0.2, 0.25) is 0 Å². The molecule has 0 fully saturated rings. The molecule has 0 saturated heterocycles. The standard InChI is InChI=1S/C7H6ClN3O/c8-4-5-3-7(12)11-6(10-5)1-2-9-11/h1-3,10H,4H2. The van der Waals surface area contributed by atoms with E-state index < -0.39 is 0 Å². The molecule has 5 heteroatoms. The van der Waals surface area contributed by atoms with Crippen LogP contribution >= 0.6 is 11.6 Å². The molecular formula is C7H6ClN3O. The van der Waals surface area contributed by atoms with E-state index in [4.69, 9.17) is 11.6 Å². The number of hydrogen-bond acceptors (Lipinski definition) is 2. The van der Waals surface area contributed by atoms with Crippen LogP contribution in [0.3, 0.4) is 0 Å². The quantitative estimate of drug-likeness (QED) is 0.664. The lowest BCUT2D eigenvalue weighted by Gasteiger charge is -1.96. The maximum absolute atomic E-state index is 11.2. The van der Waals surface area contributed by atoms with E-state index in [1.54, 1.807) is 12.3 Å². The number of nitrogens with one attached hydrogen (secondary N) is 1. The predicted octanol–water partition coefficient (Wildman–Crippen LogP) is 0.761. The minimum Gasteiger partial charge on any atom is -0.342 e.